The van der Waals surface area contributed by atoms with Crippen LogP contribution in [0.25, 0.3) is 0 Å². The van der Waals surface area contributed by atoms with E-state index in [1.54, 1.807) is 13.0 Å². The normalized spacial score (nSPS) is 17.8. The van der Waals surface area contributed by atoms with Crippen molar-refractivity contribution in [1.82, 2.24) is 4.90 Å². The average Bonchev–Trinajstić information content (AvgIpc) is 2.46. The van der Waals surface area contributed by atoms with Gasteiger partial charge in [0, 0.05) is 30.9 Å². The zero-order valence-corrected chi connectivity index (χ0v) is 13.2. The van der Waals surface area contributed by atoms with E-state index in [4.69, 9.17) is 5.26 Å². The molecule has 4 nitrogen and oxygen atoms in total. The lowest BCUT2D eigenvalue weighted by Crippen LogP contribution is -2.37. The van der Waals surface area contributed by atoms with Crippen LogP contribution in [0.4, 0.5) is 5.69 Å². The highest BCUT2D eigenvalue weighted by Crippen LogP contribution is 2.31. The summed E-state index contributed by atoms with van der Waals surface area (Å²) >= 11 is 0. The maximum absolute atomic E-state index is 9.95. The van der Waals surface area contributed by atoms with Crippen LogP contribution in [0, 0.1) is 17.2 Å². The Balaban J connectivity index is 2.14. The number of anilines is 1. The van der Waals surface area contributed by atoms with Gasteiger partial charge in [-0.1, -0.05) is 6.07 Å². The van der Waals surface area contributed by atoms with E-state index in [-0.39, 0.29) is 0 Å². The molecule has 1 heterocycles. The van der Waals surface area contributed by atoms with Crippen molar-refractivity contribution in [1.29, 1.82) is 5.26 Å². The second-order valence-corrected chi connectivity index (χ2v) is 6.25. The summed E-state index contributed by atoms with van der Waals surface area (Å²) in [7, 11) is 4.24. The maximum Gasteiger partial charge on any atom is 0.0992 e. The smallest absolute Gasteiger partial charge is 0.0992 e. The summed E-state index contributed by atoms with van der Waals surface area (Å²) in [5.41, 5.74) is 2.59. The van der Waals surface area contributed by atoms with Crippen molar-refractivity contribution in [3.8, 4) is 6.07 Å². The summed E-state index contributed by atoms with van der Waals surface area (Å²) < 4.78 is 0. The molecule has 1 aromatic rings. The number of nitrogens with zero attached hydrogens (tertiary/aromatic N) is 3. The van der Waals surface area contributed by atoms with Crippen LogP contribution in [0.5, 0.6) is 0 Å². The highest BCUT2D eigenvalue weighted by Gasteiger charge is 2.22. The van der Waals surface area contributed by atoms with E-state index in [9.17, 15) is 5.11 Å². The molecule has 1 fully saturated rings. The van der Waals surface area contributed by atoms with Gasteiger partial charge < -0.3 is 14.9 Å². The number of nitriles is 1. The molecular formula is C17H25N3O. The molecule has 114 valence electrons. The maximum atomic E-state index is 9.95. The Morgan fingerprint density at radius 2 is 2.05 bits per heavy atom. The molecule has 0 spiro atoms. The lowest BCUT2D eigenvalue weighted by Gasteiger charge is -2.36. The van der Waals surface area contributed by atoms with Crippen LogP contribution in [-0.4, -0.2) is 43.7 Å². The third-order valence-corrected chi connectivity index (χ3v) is 4.19. The first kappa shape index (κ1) is 15.8. The quantitative estimate of drug-likeness (QED) is 0.924. The van der Waals surface area contributed by atoms with E-state index in [1.165, 1.54) is 0 Å². The first-order valence-corrected chi connectivity index (χ1v) is 7.63. The molecule has 4 heteroatoms. The number of hydrogen-bond donors (Lipinski definition) is 1. The predicted molar refractivity (Wildman–Crippen MR) is 85.3 cm³/mol. The van der Waals surface area contributed by atoms with Crippen LogP contribution in [0.3, 0.4) is 0 Å². The molecule has 0 saturated carbocycles. The van der Waals surface area contributed by atoms with Crippen molar-refractivity contribution < 1.29 is 5.11 Å². The highest BCUT2D eigenvalue weighted by molar-refractivity contribution is 5.58. The van der Waals surface area contributed by atoms with Gasteiger partial charge in [0.15, 0.2) is 0 Å². The molecule has 1 aliphatic heterocycles. The number of rotatable bonds is 4. The van der Waals surface area contributed by atoms with Gasteiger partial charge in [-0.3, -0.25) is 0 Å². The summed E-state index contributed by atoms with van der Waals surface area (Å²) in [4.78, 5) is 4.56. The van der Waals surface area contributed by atoms with Gasteiger partial charge in [-0.15, -0.1) is 0 Å². The van der Waals surface area contributed by atoms with Crippen molar-refractivity contribution in [2.24, 2.45) is 5.92 Å². The van der Waals surface area contributed by atoms with Crippen LogP contribution in [-0.2, 0) is 0 Å². The number of aliphatic hydroxyl groups is 1. The molecule has 21 heavy (non-hydrogen) atoms. The van der Waals surface area contributed by atoms with Crippen LogP contribution < -0.4 is 4.90 Å². The minimum atomic E-state index is -0.507. The standard InChI is InChI=1S/C17H25N3O/c1-13(21)16-5-4-15(11-18)10-17(16)20-8-6-14(7-9-20)12-19(2)3/h4-5,10,13-14,21H,6-9,12H2,1-3H3/t13-/m1/s1. The molecule has 2 rings (SSSR count). The predicted octanol–water partition coefficient (Wildman–Crippen LogP) is 2.39. The largest absolute Gasteiger partial charge is 0.389 e. The molecule has 0 amide bonds. The average molecular weight is 287 g/mol. The van der Waals surface area contributed by atoms with Crippen molar-refractivity contribution >= 4 is 5.69 Å². The lowest BCUT2D eigenvalue weighted by atomic mass is 9.94. The van der Waals surface area contributed by atoms with Crippen molar-refractivity contribution in [2.75, 3.05) is 38.6 Å². The molecule has 1 N–H and O–H groups in total. The number of benzene rings is 1. The summed E-state index contributed by atoms with van der Waals surface area (Å²) in [6.45, 7) is 4.90. The topological polar surface area (TPSA) is 50.5 Å². The van der Waals surface area contributed by atoms with Gasteiger partial charge in [-0.05, 0) is 51.9 Å². The number of aliphatic hydroxyl groups excluding tert-OH is 1. The molecule has 0 unspecified atom stereocenters. The molecule has 1 atom stereocenters. The number of piperidine rings is 1. The molecule has 1 aliphatic rings. The molecule has 0 aromatic heterocycles. The van der Waals surface area contributed by atoms with E-state index in [1.807, 2.05) is 12.1 Å². The van der Waals surface area contributed by atoms with Crippen LogP contribution in [0.1, 0.15) is 37.0 Å². The Morgan fingerprint density at radius 3 is 2.57 bits per heavy atom. The molecule has 1 aromatic carbocycles. The Bertz CT molecular complexity index is 511. The lowest BCUT2D eigenvalue weighted by molar-refractivity contribution is 0.199. The summed E-state index contributed by atoms with van der Waals surface area (Å²) in [5, 5.41) is 19.0. The van der Waals surface area contributed by atoms with Gasteiger partial charge in [0.25, 0.3) is 0 Å². The van der Waals surface area contributed by atoms with Crippen molar-refractivity contribution in [3.05, 3.63) is 29.3 Å². The van der Waals surface area contributed by atoms with E-state index >= 15 is 0 Å². The zero-order chi connectivity index (χ0) is 15.4. The second kappa shape index (κ2) is 6.93. The van der Waals surface area contributed by atoms with E-state index in [0.717, 1.165) is 49.6 Å². The monoisotopic (exact) mass is 287 g/mol. The van der Waals surface area contributed by atoms with Crippen LogP contribution in [0.2, 0.25) is 0 Å². The first-order chi connectivity index (χ1) is 10.0. The van der Waals surface area contributed by atoms with E-state index in [0.29, 0.717) is 5.56 Å². The van der Waals surface area contributed by atoms with E-state index < -0.39 is 6.10 Å². The van der Waals surface area contributed by atoms with Gasteiger partial charge in [0.05, 0.1) is 17.7 Å². The van der Waals surface area contributed by atoms with Crippen LogP contribution in [0.15, 0.2) is 18.2 Å². The van der Waals surface area contributed by atoms with Gasteiger partial charge in [-0.25, -0.2) is 0 Å². The van der Waals surface area contributed by atoms with Crippen molar-refractivity contribution in [2.45, 2.75) is 25.9 Å². The van der Waals surface area contributed by atoms with Gasteiger partial charge in [0.1, 0.15) is 0 Å². The van der Waals surface area contributed by atoms with Crippen molar-refractivity contribution in [3.63, 3.8) is 0 Å². The molecule has 1 saturated heterocycles. The third kappa shape index (κ3) is 3.96. The fourth-order valence-electron chi connectivity index (χ4n) is 3.11. The second-order valence-electron chi connectivity index (χ2n) is 6.25. The minimum Gasteiger partial charge on any atom is -0.389 e. The summed E-state index contributed by atoms with van der Waals surface area (Å²) in [6.07, 6.45) is 1.81. The molecule has 0 radical (unpaired) electrons. The fourth-order valence-corrected chi connectivity index (χ4v) is 3.11. The van der Waals surface area contributed by atoms with Gasteiger partial charge in [0.2, 0.25) is 0 Å². The summed E-state index contributed by atoms with van der Waals surface area (Å²) in [6, 6.07) is 7.77. The van der Waals surface area contributed by atoms with Crippen LogP contribution >= 0.6 is 0 Å². The Hall–Kier alpha value is -1.57. The molecule has 0 aliphatic carbocycles. The highest BCUT2D eigenvalue weighted by atomic mass is 16.3. The Morgan fingerprint density at radius 1 is 1.38 bits per heavy atom. The Labute approximate surface area is 127 Å². The number of hydrogen-bond acceptors (Lipinski definition) is 4. The SMILES string of the molecule is C[C@@H](O)c1ccc(C#N)cc1N1CCC(CN(C)C)CC1. The zero-order valence-electron chi connectivity index (χ0n) is 13.2. The molecular weight excluding hydrogens is 262 g/mol. The van der Waals surface area contributed by atoms with Gasteiger partial charge in [-0.2, -0.15) is 5.26 Å². The Kier molecular flexibility index (Phi) is 5.22. The first-order valence-electron chi connectivity index (χ1n) is 7.63. The fraction of sp³-hybridized carbons (Fsp3) is 0.588. The summed E-state index contributed by atoms with van der Waals surface area (Å²) in [5.74, 6) is 0.741. The third-order valence-electron chi connectivity index (χ3n) is 4.19. The minimum absolute atomic E-state index is 0.507. The van der Waals surface area contributed by atoms with E-state index in [2.05, 4.69) is 30.0 Å². The van der Waals surface area contributed by atoms with Gasteiger partial charge >= 0.3 is 0 Å². The molecule has 0 bridgehead atoms.